The fourth-order valence-corrected chi connectivity index (χ4v) is 4.49. The van der Waals surface area contributed by atoms with Crippen LogP contribution in [0.2, 0.25) is 10.0 Å². The van der Waals surface area contributed by atoms with Gasteiger partial charge in [0.15, 0.2) is 11.0 Å². The van der Waals surface area contributed by atoms with E-state index in [2.05, 4.69) is 20.8 Å². The van der Waals surface area contributed by atoms with E-state index in [0.717, 1.165) is 16.9 Å². The second-order valence-corrected chi connectivity index (χ2v) is 9.80. The van der Waals surface area contributed by atoms with Gasteiger partial charge in [-0.2, -0.15) is 0 Å². The topological polar surface area (TPSA) is 71.8 Å². The molecule has 0 saturated heterocycles. The third kappa shape index (κ3) is 5.91. The number of rotatable bonds is 8. The van der Waals surface area contributed by atoms with Crippen LogP contribution in [0.1, 0.15) is 18.3 Å². The highest BCUT2D eigenvalue weighted by atomic mass is 35.5. The highest BCUT2D eigenvalue weighted by Crippen LogP contribution is 2.28. The number of thioether (sulfide) groups is 1. The number of para-hydroxylation sites is 1. The molecular weight excluding hydrogens is 489 g/mol. The van der Waals surface area contributed by atoms with Crippen LogP contribution >= 0.6 is 35.0 Å². The second-order valence-electron chi connectivity index (χ2n) is 7.65. The zero-order valence-corrected chi connectivity index (χ0v) is 21.0. The first-order chi connectivity index (χ1) is 16.4. The van der Waals surface area contributed by atoms with E-state index in [1.165, 1.54) is 11.8 Å². The molecule has 0 spiro atoms. The van der Waals surface area contributed by atoms with Crippen LogP contribution < -0.4 is 10.6 Å². The van der Waals surface area contributed by atoms with Gasteiger partial charge in [-0.3, -0.25) is 9.36 Å². The van der Waals surface area contributed by atoms with Gasteiger partial charge in [-0.1, -0.05) is 65.3 Å². The van der Waals surface area contributed by atoms with Crippen LogP contribution in [0.5, 0.6) is 0 Å². The predicted molar refractivity (Wildman–Crippen MR) is 140 cm³/mol. The van der Waals surface area contributed by atoms with Crippen molar-refractivity contribution in [2.24, 2.45) is 0 Å². The van der Waals surface area contributed by atoms with Gasteiger partial charge in [0.2, 0.25) is 5.91 Å². The smallest absolute Gasteiger partial charge is 0.237 e. The average Bonchev–Trinajstić information content (AvgIpc) is 3.22. The first-order valence-corrected chi connectivity index (χ1v) is 12.3. The molecule has 0 aliphatic heterocycles. The summed E-state index contributed by atoms with van der Waals surface area (Å²) < 4.78 is 1.95. The lowest BCUT2D eigenvalue weighted by molar-refractivity contribution is -0.115. The number of benzene rings is 3. The standard InChI is InChI=1S/C25H23Cl2N5OS/c1-16-11-12-19(14-22(16)27)28-15-23-30-31-25(32(23)21-9-4-3-5-10-21)34-17(2)24(33)29-20-8-6-7-18(26)13-20/h3-14,17,28H,15H2,1-2H3,(H,29,33)/t17-/m0/s1. The van der Waals surface area contributed by atoms with Crippen molar-refractivity contribution in [2.45, 2.75) is 30.8 Å². The number of nitrogens with zero attached hydrogens (tertiary/aromatic N) is 3. The van der Waals surface area contributed by atoms with Gasteiger partial charge in [-0.05, 0) is 61.9 Å². The number of aryl methyl sites for hydroxylation is 1. The van der Waals surface area contributed by atoms with E-state index < -0.39 is 5.25 Å². The monoisotopic (exact) mass is 511 g/mol. The number of nitrogens with one attached hydrogen (secondary N) is 2. The molecule has 0 aliphatic carbocycles. The van der Waals surface area contributed by atoms with Crippen molar-refractivity contribution in [1.29, 1.82) is 0 Å². The summed E-state index contributed by atoms with van der Waals surface area (Å²) in [5.41, 5.74) is 3.47. The number of amides is 1. The number of carbonyl (C=O) groups excluding carboxylic acids is 1. The van der Waals surface area contributed by atoms with Gasteiger partial charge in [-0.15, -0.1) is 10.2 Å². The minimum Gasteiger partial charge on any atom is -0.378 e. The van der Waals surface area contributed by atoms with Gasteiger partial charge in [0, 0.05) is 27.1 Å². The molecule has 0 bridgehead atoms. The Morgan fingerprint density at radius 1 is 1.00 bits per heavy atom. The lowest BCUT2D eigenvalue weighted by atomic mass is 10.2. The van der Waals surface area contributed by atoms with E-state index in [0.29, 0.717) is 33.3 Å². The predicted octanol–water partition coefficient (Wildman–Crippen LogP) is 6.61. The molecule has 4 aromatic rings. The molecular formula is C25H23Cl2N5OS. The summed E-state index contributed by atoms with van der Waals surface area (Å²) in [5.74, 6) is 0.566. The number of halogens is 2. The molecule has 6 nitrogen and oxygen atoms in total. The molecule has 4 rings (SSSR count). The normalized spacial score (nSPS) is 11.8. The maximum atomic E-state index is 12.8. The minimum absolute atomic E-state index is 0.149. The Morgan fingerprint density at radius 3 is 2.53 bits per heavy atom. The van der Waals surface area contributed by atoms with Gasteiger partial charge >= 0.3 is 0 Å². The maximum Gasteiger partial charge on any atom is 0.237 e. The van der Waals surface area contributed by atoms with Crippen LogP contribution in [0.15, 0.2) is 78.0 Å². The van der Waals surface area contributed by atoms with Crippen LogP contribution in [0, 0.1) is 6.92 Å². The molecule has 1 atom stereocenters. The van der Waals surface area contributed by atoms with Crippen LogP contribution in [0.4, 0.5) is 11.4 Å². The van der Waals surface area contributed by atoms with Crippen molar-refractivity contribution in [3.05, 3.63) is 94.2 Å². The van der Waals surface area contributed by atoms with Crippen molar-refractivity contribution < 1.29 is 4.79 Å². The molecule has 1 aromatic heterocycles. The molecule has 0 radical (unpaired) electrons. The number of aromatic nitrogens is 3. The SMILES string of the molecule is Cc1ccc(NCc2nnc(S[C@@H](C)C(=O)Nc3cccc(Cl)c3)n2-c2ccccc2)cc1Cl. The van der Waals surface area contributed by atoms with E-state index in [9.17, 15) is 4.79 Å². The van der Waals surface area contributed by atoms with Crippen molar-refractivity contribution in [3.8, 4) is 5.69 Å². The minimum atomic E-state index is -0.414. The number of carbonyl (C=O) groups is 1. The molecule has 3 aromatic carbocycles. The fourth-order valence-electron chi connectivity index (χ4n) is 3.23. The van der Waals surface area contributed by atoms with Gasteiger partial charge < -0.3 is 10.6 Å². The Morgan fingerprint density at radius 2 is 1.79 bits per heavy atom. The Labute approximate surface area is 212 Å². The van der Waals surface area contributed by atoms with Crippen molar-refractivity contribution in [3.63, 3.8) is 0 Å². The number of hydrogen-bond acceptors (Lipinski definition) is 5. The summed E-state index contributed by atoms with van der Waals surface area (Å²) in [5, 5.41) is 16.5. The van der Waals surface area contributed by atoms with E-state index in [1.54, 1.807) is 24.3 Å². The molecule has 1 amide bonds. The molecule has 174 valence electrons. The Bertz CT molecular complexity index is 1300. The van der Waals surface area contributed by atoms with Crippen molar-refractivity contribution in [2.75, 3.05) is 10.6 Å². The van der Waals surface area contributed by atoms with Crippen molar-refractivity contribution >= 4 is 52.2 Å². The first-order valence-electron chi connectivity index (χ1n) is 10.6. The van der Waals surface area contributed by atoms with Crippen molar-refractivity contribution in [1.82, 2.24) is 14.8 Å². The summed E-state index contributed by atoms with van der Waals surface area (Å²) >= 11 is 13.6. The molecule has 0 saturated carbocycles. The molecule has 9 heteroatoms. The average molecular weight is 512 g/mol. The maximum absolute atomic E-state index is 12.8. The van der Waals surface area contributed by atoms with Gasteiger partial charge in [0.05, 0.1) is 11.8 Å². The second kappa shape index (κ2) is 11.0. The third-order valence-electron chi connectivity index (χ3n) is 5.08. The van der Waals surface area contributed by atoms with Gasteiger partial charge in [-0.25, -0.2) is 0 Å². The van der Waals surface area contributed by atoms with E-state index in [-0.39, 0.29) is 5.91 Å². The Kier molecular flexibility index (Phi) is 7.77. The zero-order chi connectivity index (χ0) is 24.1. The summed E-state index contributed by atoms with van der Waals surface area (Å²) in [7, 11) is 0. The largest absolute Gasteiger partial charge is 0.378 e. The van der Waals surface area contributed by atoms with Gasteiger partial charge in [0.25, 0.3) is 0 Å². The summed E-state index contributed by atoms with van der Waals surface area (Å²) in [4.78, 5) is 12.8. The fraction of sp³-hybridized carbons (Fsp3) is 0.160. The highest BCUT2D eigenvalue weighted by Gasteiger charge is 2.21. The lowest BCUT2D eigenvalue weighted by Crippen LogP contribution is -2.23. The molecule has 0 fully saturated rings. The quantitative estimate of drug-likeness (QED) is 0.260. The van der Waals surface area contributed by atoms with Crippen LogP contribution in [-0.2, 0) is 11.3 Å². The highest BCUT2D eigenvalue weighted by molar-refractivity contribution is 8.00. The molecule has 34 heavy (non-hydrogen) atoms. The summed E-state index contributed by atoms with van der Waals surface area (Å²) in [6, 6.07) is 22.7. The molecule has 0 unspecified atom stereocenters. The molecule has 2 N–H and O–H groups in total. The Balaban J connectivity index is 1.54. The van der Waals surface area contributed by atoms with E-state index in [1.807, 2.05) is 66.9 Å². The summed E-state index contributed by atoms with van der Waals surface area (Å²) in [6.07, 6.45) is 0. The van der Waals surface area contributed by atoms with Crippen LogP contribution in [-0.4, -0.2) is 25.9 Å². The van der Waals surface area contributed by atoms with Crippen LogP contribution in [0.25, 0.3) is 5.69 Å². The van der Waals surface area contributed by atoms with Crippen LogP contribution in [0.3, 0.4) is 0 Å². The zero-order valence-electron chi connectivity index (χ0n) is 18.6. The van der Waals surface area contributed by atoms with E-state index in [4.69, 9.17) is 23.2 Å². The summed E-state index contributed by atoms with van der Waals surface area (Å²) in [6.45, 7) is 4.23. The lowest BCUT2D eigenvalue weighted by Gasteiger charge is -2.14. The number of anilines is 2. The number of hydrogen-bond donors (Lipinski definition) is 2. The first kappa shape index (κ1) is 24.1. The third-order valence-corrected chi connectivity index (χ3v) is 6.77. The van der Waals surface area contributed by atoms with E-state index >= 15 is 0 Å². The molecule has 0 aliphatic rings. The molecule has 1 heterocycles. The Hall–Kier alpha value is -3.00. The van der Waals surface area contributed by atoms with Gasteiger partial charge in [0.1, 0.15) is 0 Å².